The lowest BCUT2D eigenvalue weighted by atomic mass is 10.2. The monoisotopic (exact) mass is 461 g/mol. The van der Waals surface area contributed by atoms with E-state index >= 15 is 0 Å². The standard InChI is InChI=1S/C21H21Cl2N5O3/c22-13-1-3-18(16(23)11-13)26-27-20-15-12-14(2-4-17(15)25-21(20)30)24-19(29)5-6-28-7-9-31-10-8-28/h1-4,11-12,25,30H,5-10H2,(H,24,29). The minimum atomic E-state index is -0.125. The summed E-state index contributed by atoms with van der Waals surface area (Å²) in [5.74, 6) is -0.207. The van der Waals surface area contributed by atoms with Gasteiger partial charge in [-0.15, -0.1) is 10.2 Å². The normalized spacial score (nSPS) is 15.0. The number of amides is 1. The van der Waals surface area contributed by atoms with E-state index in [-0.39, 0.29) is 17.5 Å². The first-order valence-corrected chi connectivity index (χ1v) is 10.6. The third-order valence-corrected chi connectivity index (χ3v) is 5.50. The number of azo groups is 1. The van der Waals surface area contributed by atoms with Gasteiger partial charge in [-0.1, -0.05) is 23.2 Å². The molecule has 2 aromatic carbocycles. The van der Waals surface area contributed by atoms with E-state index in [2.05, 4.69) is 25.4 Å². The molecule has 3 aromatic rings. The highest BCUT2D eigenvalue weighted by molar-refractivity contribution is 6.36. The lowest BCUT2D eigenvalue weighted by Gasteiger charge is -2.26. The van der Waals surface area contributed by atoms with E-state index in [1.165, 1.54) is 0 Å². The average Bonchev–Trinajstić information content (AvgIpc) is 3.07. The molecule has 0 bridgehead atoms. The lowest BCUT2D eigenvalue weighted by molar-refractivity contribution is -0.116. The molecule has 2 heterocycles. The van der Waals surface area contributed by atoms with Crippen molar-refractivity contribution in [3.8, 4) is 5.88 Å². The molecule has 1 aliphatic heterocycles. The predicted molar refractivity (Wildman–Crippen MR) is 121 cm³/mol. The molecule has 1 aliphatic rings. The van der Waals surface area contributed by atoms with Crippen LogP contribution in [0.1, 0.15) is 6.42 Å². The largest absolute Gasteiger partial charge is 0.493 e. The highest BCUT2D eigenvalue weighted by Gasteiger charge is 2.14. The molecule has 0 radical (unpaired) electrons. The zero-order valence-corrected chi connectivity index (χ0v) is 18.1. The van der Waals surface area contributed by atoms with Crippen molar-refractivity contribution in [3.05, 3.63) is 46.4 Å². The number of rotatable bonds is 6. The molecule has 0 aliphatic carbocycles. The number of hydrogen-bond donors (Lipinski definition) is 3. The van der Waals surface area contributed by atoms with Crippen LogP contribution in [0.3, 0.4) is 0 Å². The summed E-state index contributed by atoms with van der Waals surface area (Å²) in [6.45, 7) is 3.77. The Hall–Kier alpha value is -2.65. The molecule has 1 amide bonds. The summed E-state index contributed by atoms with van der Waals surface area (Å²) in [6, 6.07) is 10.1. The Morgan fingerprint density at radius 3 is 2.74 bits per heavy atom. The highest BCUT2D eigenvalue weighted by atomic mass is 35.5. The van der Waals surface area contributed by atoms with Crippen LogP contribution >= 0.6 is 23.2 Å². The van der Waals surface area contributed by atoms with Crippen LogP contribution in [0.2, 0.25) is 10.0 Å². The number of carbonyl (C=O) groups is 1. The number of benzene rings is 2. The maximum absolute atomic E-state index is 12.4. The van der Waals surface area contributed by atoms with Crippen molar-refractivity contribution in [3.63, 3.8) is 0 Å². The van der Waals surface area contributed by atoms with Gasteiger partial charge in [-0.3, -0.25) is 9.69 Å². The number of nitrogens with zero attached hydrogens (tertiary/aromatic N) is 3. The Bertz CT molecular complexity index is 1130. The minimum Gasteiger partial charge on any atom is -0.493 e. The summed E-state index contributed by atoms with van der Waals surface area (Å²) in [5.41, 5.74) is 1.96. The Morgan fingerprint density at radius 1 is 1.16 bits per heavy atom. The Morgan fingerprint density at radius 2 is 1.97 bits per heavy atom. The molecule has 0 saturated carbocycles. The summed E-state index contributed by atoms with van der Waals surface area (Å²) in [4.78, 5) is 17.4. The number of ether oxygens (including phenoxy) is 1. The number of fused-ring (bicyclic) bond motifs is 1. The number of nitrogens with one attached hydrogen (secondary N) is 2. The van der Waals surface area contributed by atoms with Crippen LogP contribution in [-0.4, -0.2) is 53.7 Å². The van der Waals surface area contributed by atoms with Crippen molar-refractivity contribution in [1.29, 1.82) is 0 Å². The summed E-state index contributed by atoms with van der Waals surface area (Å²) < 4.78 is 5.32. The third kappa shape index (κ3) is 5.34. The van der Waals surface area contributed by atoms with Gasteiger partial charge in [0.15, 0.2) is 5.69 Å². The molecular formula is C21H21Cl2N5O3. The summed E-state index contributed by atoms with van der Waals surface area (Å²) in [5, 5.41) is 22.9. The first kappa shape index (κ1) is 21.6. The summed E-state index contributed by atoms with van der Waals surface area (Å²) in [7, 11) is 0. The van der Waals surface area contributed by atoms with E-state index in [0.717, 1.165) is 13.1 Å². The fraction of sp³-hybridized carbons (Fsp3) is 0.286. The van der Waals surface area contributed by atoms with Crippen molar-refractivity contribution in [2.24, 2.45) is 10.2 Å². The number of anilines is 1. The molecule has 0 unspecified atom stereocenters. The number of hydrogen-bond acceptors (Lipinski definition) is 6. The van der Waals surface area contributed by atoms with Gasteiger partial charge in [-0.05, 0) is 36.4 Å². The highest BCUT2D eigenvalue weighted by Crippen LogP contribution is 2.38. The molecule has 4 rings (SSSR count). The van der Waals surface area contributed by atoms with Crippen LogP contribution < -0.4 is 5.32 Å². The van der Waals surface area contributed by atoms with E-state index < -0.39 is 0 Å². The van der Waals surface area contributed by atoms with Crippen molar-refractivity contribution in [2.75, 3.05) is 38.2 Å². The predicted octanol–water partition coefficient (Wildman–Crippen LogP) is 5.26. The molecule has 3 N–H and O–H groups in total. The van der Waals surface area contributed by atoms with Gasteiger partial charge in [-0.2, -0.15) is 0 Å². The Labute approximate surface area is 188 Å². The number of H-pyrrole nitrogens is 1. The van der Waals surface area contributed by atoms with Crippen LogP contribution in [-0.2, 0) is 9.53 Å². The van der Waals surface area contributed by atoms with Gasteiger partial charge >= 0.3 is 0 Å². The van der Waals surface area contributed by atoms with E-state index in [9.17, 15) is 9.90 Å². The second-order valence-electron chi connectivity index (χ2n) is 7.13. The summed E-state index contributed by atoms with van der Waals surface area (Å²) >= 11 is 12.0. The molecule has 8 nitrogen and oxygen atoms in total. The maximum atomic E-state index is 12.4. The summed E-state index contributed by atoms with van der Waals surface area (Å²) in [6.07, 6.45) is 0.387. The van der Waals surface area contributed by atoms with Crippen LogP contribution in [0.25, 0.3) is 10.9 Å². The zero-order valence-electron chi connectivity index (χ0n) is 16.6. The van der Waals surface area contributed by atoms with Gasteiger partial charge in [0.05, 0.1) is 23.8 Å². The number of aromatic amines is 1. The van der Waals surface area contributed by atoms with Crippen molar-refractivity contribution in [2.45, 2.75) is 6.42 Å². The number of aromatic hydroxyl groups is 1. The van der Waals surface area contributed by atoms with Crippen LogP contribution in [0.15, 0.2) is 46.6 Å². The van der Waals surface area contributed by atoms with Crippen molar-refractivity contribution < 1.29 is 14.6 Å². The first-order valence-electron chi connectivity index (χ1n) is 9.81. The molecular weight excluding hydrogens is 441 g/mol. The Kier molecular flexibility index (Phi) is 6.72. The van der Waals surface area contributed by atoms with Crippen LogP contribution in [0.5, 0.6) is 5.88 Å². The fourth-order valence-corrected chi connectivity index (χ4v) is 3.76. The van der Waals surface area contributed by atoms with E-state index in [4.69, 9.17) is 27.9 Å². The topological polar surface area (TPSA) is 102 Å². The number of morpholine rings is 1. The Balaban J connectivity index is 1.49. The number of carbonyl (C=O) groups excluding carboxylic acids is 1. The van der Waals surface area contributed by atoms with Gasteiger partial charge < -0.3 is 20.1 Å². The molecule has 1 saturated heterocycles. The van der Waals surface area contributed by atoms with Crippen molar-refractivity contribution >= 4 is 57.1 Å². The molecule has 10 heteroatoms. The number of aromatic nitrogens is 1. The van der Waals surface area contributed by atoms with Crippen LogP contribution in [0, 0.1) is 0 Å². The van der Waals surface area contributed by atoms with Gasteiger partial charge in [0.2, 0.25) is 11.8 Å². The molecule has 0 spiro atoms. The molecule has 1 fully saturated rings. The average molecular weight is 462 g/mol. The quantitative estimate of drug-likeness (QED) is 0.435. The fourth-order valence-electron chi connectivity index (χ4n) is 3.32. The lowest BCUT2D eigenvalue weighted by Crippen LogP contribution is -2.38. The van der Waals surface area contributed by atoms with Crippen molar-refractivity contribution in [1.82, 2.24) is 9.88 Å². The molecule has 162 valence electrons. The number of halogens is 2. The molecule has 0 atom stereocenters. The van der Waals surface area contributed by atoms with E-state index in [0.29, 0.717) is 58.5 Å². The molecule has 31 heavy (non-hydrogen) atoms. The van der Waals surface area contributed by atoms with E-state index in [1.54, 1.807) is 36.4 Å². The van der Waals surface area contributed by atoms with Gasteiger partial charge in [-0.25, -0.2) is 0 Å². The van der Waals surface area contributed by atoms with Gasteiger partial charge in [0.1, 0.15) is 5.69 Å². The van der Waals surface area contributed by atoms with E-state index in [1.807, 2.05) is 0 Å². The van der Waals surface area contributed by atoms with Gasteiger partial charge in [0, 0.05) is 42.2 Å². The second kappa shape index (κ2) is 9.65. The minimum absolute atomic E-state index is 0.0817. The van der Waals surface area contributed by atoms with Crippen LogP contribution in [0.4, 0.5) is 17.1 Å². The third-order valence-electron chi connectivity index (χ3n) is 4.96. The molecule has 1 aromatic heterocycles. The first-order chi connectivity index (χ1) is 15.0. The SMILES string of the molecule is O=C(CCN1CCOCC1)Nc1ccc2[nH]c(O)c(N=Nc3ccc(Cl)cc3Cl)c2c1. The maximum Gasteiger partial charge on any atom is 0.225 e. The van der Waals surface area contributed by atoms with Gasteiger partial charge in [0.25, 0.3) is 0 Å². The smallest absolute Gasteiger partial charge is 0.225 e. The zero-order chi connectivity index (χ0) is 21.8. The second-order valence-corrected chi connectivity index (χ2v) is 7.97.